The van der Waals surface area contributed by atoms with Crippen molar-refractivity contribution in [3.8, 4) is 5.75 Å². The van der Waals surface area contributed by atoms with Gasteiger partial charge >= 0.3 is 0 Å². The van der Waals surface area contributed by atoms with Gasteiger partial charge in [0.05, 0.1) is 0 Å². The smallest absolute Gasteiger partial charge is 0.251 e. The molecule has 21 heavy (non-hydrogen) atoms. The van der Waals surface area contributed by atoms with E-state index in [-0.39, 0.29) is 11.9 Å². The van der Waals surface area contributed by atoms with Crippen LogP contribution in [0.2, 0.25) is 5.02 Å². The van der Waals surface area contributed by atoms with E-state index in [2.05, 4.69) is 5.32 Å². The molecule has 0 atom stereocenters. The predicted molar refractivity (Wildman–Crippen MR) is 84.8 cm³/mol. The monoisotopic (exact) mass is 303 g/mol. The van der Waals surface area contributed by atoms with Gasteiger partial charge in [-0.3, -0.25) is 4.79 Å². The van der Waals surface area contributed by atoms with E-state index in [0.29, 0.717) is 22.9 Å². The molecule has 0 spiro atoms. The van der Waals surface area contributed by atoms with Crippen LogP contribution in [0.25, 0.3) is 0 Å². The standard InChI is InChI=1S/C17H18ClNO2/c1-12(2)19-17(20)13-7-9-15(10-8-13)21-11-14-5-3-4-6-16(14)18/h3-10,12H,11H2,1-2H3,(H,19,20). The van der Waals surface area contributed by atoms with Crippen molar-refractivity contribution in [1.82, 2.24) is 5.32 Å². The minimum absolute atomic E-state index is 0.0809. The molecule has 0 aliphatic heterocycles. The van der Waals surface area contributed by atoms with E-state index in [1.165, 1.54) is 0 Å². The average molecular weight is 304 g/mol. The molecule has 4 heteroatoms. The molecule has 0 heterocycles. The second kappa shape index (κ2) is 7.14. The molecule has 0 aromatic heterocycles. The Kier molecular flexibility index (Phi) is 5.23. The summed E-state index contributed by atoms with van der Waals surface area (Å²) in [4.78, 5) is 11.8. The molecule has 2 aromatic rings. The quantitative estimate of drug-likeness (QED) is 0.904. The summed E-state index contributed by atoms with van der Waals surface area (Å²) in [5, 5.41) is 3.53. The number of benzene rings is 2. The van der Waals surface area contributed by atoms with Crippen LogP contribution in [0, 0.1) is 0 Å². The van der Waals surface area contributed by atoms with E-state index >= 15 is 0 Å². The van der Waals surface area contributed by atoms with Gasteiger partial charge in [-0.15, -0.1) is 0 Å². The summed E-state index contributed by atoms with van der Waals surface area (Å²) in [5.41, 5.74) is 1.55. The zero-order valence-corrected chi connectivity index (χ0v) is 12.9. The number of halogens is 1. The first-order chi connectivity index (χ1) is 10.1. The molecule has 0 saturated carbocycles. The van der Waals surface area contributed by atoms with Gasteiger partial charge in [-0.2, -0.15) is 0 Å². The number of rotatable bonds is 5. The van der Waals surface area contributed by atoms with Gasteiger partial charge < -0.3 is 10.1 Å². The van der Waals surface area contributed by atoms with Crippen molar-refractivity contribution in [2.24, 2.45) is 0 Å². The topological polar surface area (TPSA) is 38.3 Å². The predicted octanol–water partition coefficient (Wildman–Crippen LogP) is 4.06. The first kappa shape index (κ1) is 15.4. The summed E-state index contributed by atoms with van der Waals surface area (Å²) in [7, 11) is 0. The molecule has 1 amide bonds. The molecule has 2 aromatic carbocycles. The average Bonchev–Trinajstić information content (AvgIpc) is 2.46. The fraction of sp³-hybridized carbons (Fsp3) is 0.235. The van der Waals surface area contributed by atoms with Crippen LogP contribution < -0.4 is 10.1 Å². The molecular formula is C17H18ClNO2. The van der Waals surface area contributed by atoms with Crippen molar-refractivity contribution in [3.63, 3.8) is 0 Å². The minimum atomic E-state index is -0.0809. The molecule has 2 rings (SSSR count). The van der Waals surface area contributed by atoms with Crippen molar-refractivity contribution in [3.05, 3.63) is 64.7 Å². The lowest BCUT2D eigenvalue weighted by atomic mass is 10.2. The Balaban J connectivity index is 1.97. The van der Waals surface area contributed by atoms with Crippen LogP contribution in [-0.2, 0) is 6.61 Å². The second-order valence-corrected chi connectivity index (χ2v) is 5.44. The summed E-state index contributed by atoms with van der Waals surface area (Å²) in [6.45, 7) is 4.26. The first-order valence-electron chi connectivity index (χ1n) is 6.83. The lowest BCUT2D eigenvalue weighted by molar-refractivity contribution is 0.0943. The van der Waals surface area contributed by atoms with Crippen LogP contribution in [0.1, 0.15) is 29.8 Å². The lowest BCUT2D eigenvalue weighted by Gasteiger charge is -2.10. The molecule has 0 fully saturated rings. The number of hydrogen-bond donors (Lipinski definition) is 1. The fourth-order valence-corrected chi connectivity index (χ4v) is 2.01. The molecule has 0 aliphatic rings. The minimum Gasteiger partial charge on any atom is -0.489 e. The summed E-state index contributed by atoms with van der Waals surface area (Å²) in [6.07, 6.45) is 0. The molecular weight excluding hydrogens is 286 g/mol. The van der Waals surface area contributed by atoms with Gasteiger partial charge in [0.15, 0.2) is 0 Å². The van der Waals surface area contributed by atoms with Gasteiger partial charge in [0, 0.05) is 22.2 Å². The zero-order chi connectivity index (χ0) is 15.2. The van der Waals surface area contributed by atoms with Crippen LogP contribution in [0.3, 0.4) is 0 Å². The number of nitrogens with one attached hydrogen (secondary N) is 1. The van der Waals surface area contributed by atoms with Crippen LogP contribution in [0.5, 0.6) is 5.75 Å². The van der Waals surface area contributed by atoms with Gasteiger partial charge in [0.25, 0.3) is 5.91 Å². The summed E-state index contributed by atoms with van der Waals surface area (Å²) in [5.74, 6) is 0.624. The molecule has 3 nitrogen and oxygen atoms in total. The maximum absolute atomic E-state index is 11.8. The third kappa shape index (κ3) is 4.50. The fourth-order valence-electron chi connectivity index (χ4n) is 1.82. The van der Waals surface area contributed by atoms with Gasteiger partial charge in [-0.05, 0) is 44.2 Å². The summed E-state index contributed by atoms with van der Waals surface area (Å²) >= 11 is 6.07. The summed E-state index contributed by atoms with van der Waals surface area (Å²) < 4.78 is 5.67. The van der Waals surface area contributed by atoms with Crippen LogP contribution >= 0.6 is 11.6 Å². The van der Waals surface area contributed by atoms with E-state index in [0.717, 1.165) is 5.56 Å². The summed E-state index contributed by atoms with van der Waals surface area (Å²) in [6, 6.07) is 14.7. The number of carbonyl (C=O) groups is 1. The number of ether oxygens (including phenoxy) is 1. The highest BCUT2D eigenvalue weighted by molar-refractivity contribution is 6.31. The number of carbonyl (C=O) groups excluding carboxylic acids is 1. The second-order valence-electron chi connectivity index (χ2n) is 5.03. The molecule has 0 bridgehead atoms. The molecule has 1 N–H and O–H groups in total. The third-order valence-electron chi connectivity index (χ3n) is 2.89. The largest absolute Gasteiger partial charge is 0.489 e. The van der Waals surface area contributed by atoms with E-state index in [1.54, 1.807) is 24.3 Å². The Labute approximate surface area is 129 Å². The molecule has 0 aliphatic carbocycles. The van der Waals surface area contributed by atoms with Gasteiger partial charge in [0.1, 0.15) is 12.4 Å². The van der Waals surface area contributed by atoms with Gasteiger partial charge in [-0.25, -0.2) is 0 Å². The normalized spacial score (nSPS) is 10.5. The zero-order valence-electron chi connectivity index (χ0n) is 12.1. The molecule has 0 unspecified atom stereocenters. The highest BCUT2D eigenvalue weighted by Crippen LogP contribution is 2.19. The van der Waals surface area contributed by atoms with Gasteiger partial charge in [-0.1, -0.05) is 29.8 Å². The van der Waals surface area contributed by atoms with E-state index in [9.17, 15) is 4.79 Å². The highest BCUT2D eigenvalue weighted by atomic mass is 35.5. The van der Waals surface area contributed by atoms with Crippen molar-refractivity contribution in [2.75, 3.05) is 0 Å². The van der Waals surface area contributed by atoms with E-state index < -0.39 is 0 Å². The number of hydrogen-bond acceptors (Lipinski definition) is 2. The maximum Gasteiger partial charge on any atom is 0.251 e. The van der Waals surface area contributed by atoms with Crippen molar-refractivity contribution >= 4 is 17.5 Å². The van der Waals surface area contributed by atoms with E-state index in [1.807, 2.05) is 38.1 Å². The lowest BCUT2D eigenvalue weighted by Crippen LogP contribution is -2.29. The van der Waals surface area contributed by atoms with Crippen LogP contribution in [0.15, 0.2) is 48.5 Å². The first-order valence-corrected chi connectivity index (χ1v) is 7.21. The van der Waals surface area contributed by atoms with Crippen LogP contribution in [-0.4, -0.2) is 11.9 Å². The van der Waals surface area contributed by atoms with Crippen molar-refractivity contribution in [2.45, 2.75) is 26.5 Å². The Bertz CT molecular complexity index is 608. The van der Waals surface area contributed by atoms with Crippen molar-refractivity contribution in [1.29, 1.82) is 0 Å². The van der Waals surface area contributed by atoms with E-state index in [4.69, 9.17) is 16.3 Å². The van der Waals surface area contributed by atoms with Gasteiger partial charge in [0.2, 0.25) is 0 Å². The number of amides is 1. The molecule has 0 saturated heterocycles. The third-order valence-corrected chi connectivity index (χ3v) is 3.26. The Hall–Kier alpha value is -2.00. The van der Waals surface area contributed by atoms with Crippen LogP contribution in [0.4, 0.5) is 0 Å². The molecule has 0 radical (unpaired) electrons. The highest BCUT2D eigenvalue weighted by Gasteiger charge is 2.07. The van der Waals surface area contributed by atoms with Crippen molar-refractivity contribution < 1.29 is 9.53 Å². The Morgan fingerprint density at radius 2 is 1.81 bits per heavy atom. The Morgan fingerprint density at radius 1 is 1.14 bits per heavy atom. The Morgan fingerprint density at radius 3 is 2.43 bits per heavy atom. The molecule has 110 valence electrons. The SMILES string of the molecule is CC(C)NC(=O)c1ccc(OCc2ccccc2Cl)cc1. The maximum atomic E-state index is 11.8.